The molecule has 7 nitrogen and oxygen atoms in total. The molecule has 0 aromatic heterocycles. The molecule has 5 aliphatic rings. The first-order chi connectivity index (χ1) is 24.9. The number of aliphatic hydroxyl groups excluding tert-OH is 2. The third-order valence-electron chi connectivity index (χ3n) is 15.8. The highest BCUT2D eigenvalue weighted by Crippen LogP contribution is 2.73. The SMILES string of the molecule is CC1(C)C(O)CCC2(C)C1CCC1(C)C3CCC4(C(=O)NCCc5cccc(C(=O)NCc6ccc(OCCCO)cc6)c5)CCCC4C3CCC12. The van der Waals surface area contributed by atoms with E-state index in [2.05, 4.69) is 38.3 Å². The van der Waals surface area contributed by atoms with Crippen LogP contribution in [0.3, 0.4) is 0 Å². The van der Waals surface area contributed by atoms with Crippen LogP contribution >= 0.6 is 0 Å². The monoisotopic (exact) mass is 712 g/mol. The molecular weight excluding hydrogens is 649 g/mol. The fourth-order valence-electron chi connectivity index (χ4n) is 13.2. The molecule has 7 heteroatoms. The van der Waals surface area contributed by atoms with Gasteiger partial charge in [0, 0.05) is 31.7 Å². The van der Waals surface area contributed by atoms with Crippen LogP contribution in [-0.2, 0) is 17.8 Å². The number of fused-ring (bicyclic) bond motifs is 7. The van der Waals surface area contributed by atoms with Crippen LogP contribution in [-0.4, -0.2) is 47.9 Å². The number of nitrogens with one attached hydrogen (secondary N) is 2. The first-order valence-electron chi connectivity index (χ1n) is 20.6. The molecule has 0 spiro atoms. The predicted octanol–water partition coefficient (Wildman–Crippen LogP) is 7.86. The molecule has 9 unspecified atom stereocenters. The fraction of sp³-hybridized carbons (Fsp3) is 0.689. The lowest BCUT2D eigenvalue weighted by atomic mass is 9.36. The number of aliphatic hydroxyl groups is 2. The molecule has 5 saturated carbocycles. The number of hydrogen-bond donors (Lipinski definition) is 4. The zero-order valence-corrected chi connectivity index (χ0v) is 32.2. The first-order valence-corrected chi connectivity index (χ1v) is 20.6. The van der Waals surface area contributed by atoms with Crippen LogP contribution in [0.1, 0.15) is 126 Å². The lowest BCUT2D eigenvalue weighted by Crippen LogP contribution is -2.63. The Hall–Kier alpha value is -2.90. The summed E-state index contributed by atoms with van der Waals surface area (Å²) >= 11 is 0. The van der Waals surface area contributed by atoms with E-state index < -0.39 is 0 Å². The zero-order chi connectivity index (χ0) is 36.7. The summed E-state index contributed by atoms with van der Waals surface area (Å²) in [6.45, 7) is 11.5. The lowest BCUT2D eigenvalue weighted by Gasteiger charge is -2.69. The van der Waals surface area contributed by atoms with Crippen LogP contribution in [0.4, 0.5) is 0 Å². The second-order valence-electron chi connectivity index (χ2n) is 18.5. The van der Waals surface area contributed by atoms with E-state index in [-0.39, 0.29) is 35.4 Å². The van der Waals surface area contributed by atoms with Crippen molar-refractivity contribution in [3.05, 3.63) is 65.2 Å². The average Bonchev–Trinajstić information content (AvgIpc) is 3.59. The van der Waals surface area contributed by atoms with Gasteiger partial charge in [0.05, 0.1) is 18.1 Å². The molecule has 0 saturated heterocycles. The van der Waals surface area contributed by atoms with E-state index >= 15 is 0 Å². The Bertz CT molecular complexity index is 1590. The van der Waals surface area contributed by atoms with Gasteiger partial charge >= 0.3 is 0 Å². The maximum atomic E-state index is 14.2. The van der Waals surface area contributed by atoms with E-state index in [1.807, 2.05) is 48.5 Å². The summed E-state index contributed by atoms with van der Waals surface area (Å²) in [7, 11) is 0. The molecule has 284 valence electrons. The summed E-state index contributed by atoms with van der Waals surface area (Å²) in [5.41, 5.74) is 3.04. The highest BCUT2D eigenvalue weighted by molar-refractivity contribution is 5.94. The molecule has 2 amide bonds. The Labute approximate surface area is 312 Å². The summed E-state index contributed by atoms with van der Waals surface area (Å²) in [5.74, 6) is 4.03. The largest absolute Gasteiger partial charge is 0.494 e. The summed E-state index contributed by atoms with van der Waals surface area (Å²) in [6.07, 6.45) is 13.8. The van der Waals surface area contributed by atoms with E-state index in [9.17, 15) is 14.7 Å². The van der Waals surface area contributed by atoms with Crippen molar-refractivity contribution in [3.63, 3.8) is 0 Å². The van der Waals surface area contributed by atoms with Gasteiger partial charge in [-0.1, -0.05) is 58.4 Å². The zero-order valence-electron chi connectivity index (χ0n) is 32.2. The highest BCUT2D eigenvalue weighted by Gasteiger charge is 2.67. The Morgan fingerprint density at radius 2 is 1.60 bits per heavy atom. The average molecular weight is 713 g/mol. The minimum Gasteiger partial charge on any atom is -0.494 e. The van der Waals surface area contributed by atoms with Crippen molar-refractivity contribution in [1.29, 1.82) is 0 Å². The Kier molecular flexibility index (Phi) is 10.6. The highest BCUT2D eigenvalue weighted by atomic mass is 16.5. The first kappa shape index (κ1) is 37.4. The van der Waals surface area contributed by atoms with Crippen molar-refractivity contribution in [2.75, 3.05) is 19.8 Å². The van der Waals surface area contributed by atoms with Crippen molar-refractivity contribution >= 4 is 11.8 Å². The van der Waals surface area contributed by atoms with E-state index in [1.54, 1.807) is 0 Å². The number of benzene rings is 2. The second kappa shape index (κ2) is 14.7. The minimum absolute atomic E-state index is 0.0178. The molecule has 0 bridgehead atoms. The van der Waals surface area contributed by atoms with Gasteiger partial charge < -0.3 is 25.6 Å². The lowest BCUT2D eigenvalue weighted by molar-refractivity contribution is -0.214. The number of hydrogen-bond acceptors (Lipinski definition) is 5. The van der Waals surface area contributed by atoms with Crippen molar-refractivity contribution < 1.29 is 24.5 Å². The van der Waals surface area contributed by atoms with Crippen molar-refractivity contribution in [3.8, 4) is 5.75 Å². The van der Waals surface area contributed by atoms with Crippen LogP contribution in [0, 0.1) is 51.2 Å². The summed E-state index contributed by atoms with van der Waals surface area (Å²) < 4.78 is 5.60. The van der Waals surface area contributed by atoms with Crippen LogP contribution in [0.2, 0.25) is 0 Å². The van der Waals surface area contributed by atoms with Gasteiger partial charge in [0.2, 0.25) is 5.91 Å². The maximum absolute atomic E-state index is 14.2. The van der Waals surface area contributed by atoms with Crippen LogP contribution in [0.15, 0.2) is 48.5 Å². The number of carbonyl (C=O) groups is 2. The van der Waals surface area contributed by atoms with E-state index in [4.69, 9.17) is 9.84 Å². The molecule has 0 heterocycles. The quantitative estimate of drug-likeness (QED) is 0.178. The third-order valence-corrected chi connectivity index (χ3v) is 15.8. The molecule has 2 aromatic carbocycles. The van der Waals surface area contributed by atoms with E-state index in [1.165, 1.54) is 38.5 Å². The number of ether oxygens (including phenoxy) is 1. The van der Waals surface area contributed by atoms with Gasteiger partial charge in [0.15, 0.2) is 0 Å². The molecule has 0 aliphatic heterocycles. The molecule has 2 aromatic rings. The van der Waals surface area contributed by atoms with Gasteiger partial charge in [0.1, 0.15) is 5.75 Å². The Morgan fingerprint density at radius 3 is 2.38 bits per heavy atom. The van der Waals surface area contributed by atoms with Gasteiger partial charge in [-0.15, -0.1) is 0 Å². The van der Waals surface area contributed by atoms with Crippen molar-refractivity contribution in [2.24, 2.45) is 51.2 Å². The molecule has 7 rings (SSSR count). The van der Waals surface area contributed by atoms with Gasteiger partial charge in [-0.05, 0) is 152 Å². The minimum atomic E-state index is -0.228. The van der Waals surface area contributed by atoms with Gasteiger partial charge in [-0.3, -0.25) is 9.59 Å². The maximum Gasteiger partial charge on any atom is 0.251 e. The van der Waals surface area contributed by atoms with Crippen LogP contribution in [0.25, 0.3) is 0 Å². The summed E-state index contributed by atoms with van der Waals surface area (Å²) in [4.78, 5) is 27.3. The van der Waals surface area contributed by atoms with Gasteiger partial charge in [0.25, 0.3) is 5.91 Å². The smallest absolute Gasteiger partial charge is 0.251 e. The van der Waals surface area contributed by atoms with Gasteiger partial charge in [-0.2, -0.15) is 0 Å². The summed E-state index contributed by atoms with van der Waals surface area (Å²) in [5, 5.41) is 26.4. The fourth-order valence-corrected chi connectivity index (χ4v) is 13.2. The molecule has 0 radical (unpaired) electrons. The Balaban J connectivity index is 0.940. The predicted molar refractivity (Wildman–Crippen MR) is 205 cm³/mol. The number of amides is 2. The second-order valence-corrected chi connectivity index (χ2v) is 18.5. The topological polar surface area (TPSA) is 108 Å². The van der Waals surface area contributed by atoms with Crippen molar-refractivity contribution in [1.82, 2.24) is 10.6 Å². The van der Waals surface area contributed by atoms with Crippen LogP contribution in [0.5, 0.6) is 5.75 Å². The number of rotatable bonds is 11. The molecule has 4 N–H and O–H groups in total. The standard InChI is InChI=1S/C45H64N2O5/c1-42(2)37-18-22-43(3)35-17-24-45(21-6-10-36(45)34(35)15-16-38(43)44(37,4)23-19-39(42)49)41(51)46-25-20-30-8-5-9-32(28-30)40(50)47-29-31-11-13-33(14-12-31)52-27-7-26-48/h5,8-9,11-14,28,34-39,48-49H,6-7,10,15-27,29H2,1-4H3,(H,46,51)(H,47,50). The molecular formula is C45H64N2O5. The Morgan fingerprint density at radius 1 is 0.808 bits per heavy atom. The normalized spacial score (nSPS) is 36.0. The van der Waals surface area contributed by atoms with E-state index in [0.717, 1.165) is 49.0 Å². The van der Waals surface area contributed by atoms with Crippen LogP contribution < -0.4 is 15.4 Å². The van der Waals surface area contributed by atoms with Crippen molar-refractivity contribution in [2.45, 2.75) is 124 Å². The molecule has 5 fully saturated rings. The molecule has 52 heavy (non-hydrogen) atoms. The van der Waals surface area contributed by atoms with E-state index in [0.29, 0.717) is 78.5 Å². The van der Waals surface area contributed by atoms with Gasteiger partial charge in [-0.25, -0.2) is 0 Å². The third kappa shape index (κ3) is 6.61. The molecule has 9 atom stereocenters. The molecule has 5 aliphatic carbocycles. The summed E-state index contributed by atoms with van der Waals surface area (Å²) in [6, 6.07) is 15.4. The number of carbonyl (C=O) groups excluding carboxylic acids is 2.